The molecule has 1 heterocycles. The maximum absolute atomic E-state index is 13.3. The molecule has 0 bridgehead atoms. The number of rotatable bonds is 2. The van der Waals surface area contributed by atoms with E-state index in [2.05, 4.69) is 4.42 Å². The topological polar surface area (TPSA) is 42.2 Å². The molecule has 100 valence electrons. The second-order valence-corrected chi connectivity index (χ2v) is 3.77. The van der Waals surface area contributed by atoms with Crippen molar-refractivity contribution >= 4 is 23.2 Å². The van der Waals surface area contributed by atoms with Crippen molar-refractivity contribution in [3.05, 3.63) is 52.4 Å². The largest absolute Gasteiger partial charge is 0.440 e. The van der Waals surface area contributed by atoms with Crippen molar-refractivity contribution in [2.24, 2.45) is 0 Å². The summed E-state index contributed by atoms with van der Waals surface area (Å²) in [6, 6.07) is 2.38. The SMILES string of the molecule is O=C(Nc1c(F)c(F)cc(F)c1F)c1ccc(Cl)o1. The molecule has 1 aromatic heterocycles. The van der Waals surface area contributed by atoms with Crippen LogP contribution in [0.25, 0.3) is 0 Å². The van der Waals surface area contributed by atoms with E-state index in [1.54, 1.807) is 5.32 Å². The van der Waals surface area contributed by atoms with Gasteiger partial charge in [0.05, 0.1) is 0 Å². The van der Waals surface area contributed by atoms with Gasteiger partial charge in [-0.05, 0) is 23.7 Å². The second kappa shape index (κ2) is 4.93. The average molecular weight is 294 g/mol. The molecule has 2 aromatic rings. The molecule has 1 aromatic carbocycles. The number of furan rings is 1. The lowest BCUT2D eigenvalue weighted by atomic mass is 10.2. The average Bonchev–Trinajstić information content (AvgIpc) is 2.79. The summed E-state index contributed by atoms with van der Waals surface area (Å²) >= 11 is 5.41. The number of nitrogens with one attached hydrogen (secondary N) is 1. The zero-order valence-corrected chi connectivity index (χ0v) is 9.69. The fraction of sp³-hybridized carbons (Fsp3) is 0. The predicted molar refractivity (Wildman–Crippen MR) is 57.9 cm³/mol. The Morgan fingerprint density at radius 2 is 1.68 bits per heavy atom. The van der Waals surface area contributed by atoms with E-state index in [1.165, 1.54) is 6.07 Å². The summed E-state index contributed by atoms with van der Waals surface area (Å²) in [7, 11) is 0. The van der Waals surface area contributed by atoms with Crippen molar-refractivity contribution < 1.29 is 26.8 Å². The Kier molecular flexibility index (Phi) is 3.48. The fourth-order valence-corrected chi connectivity index (χ4v) is 1.44. The van der Waals surface area contributed by atoms with Gasteiger partial charge >= 0.3 is 0 Å². The van der Waals surface area contributed by atoms with Gasteiger partial charge < -0.3 is 9.73 Å². The summed E-state index contributed by atoms with van der Waals surface area (Å²) in [4.78, 5) is 11.5. The number of anilines is 1. The number of carbonyl (C=O) groups is 1. The van der Waals surface area contributed by atoms with Crippen molar-refractivity contribution in [1.29, 1.82) is 0 Å². The molecule has 0 unspecified atom stereocenters. The molecule has 0 fully saturated rings. The Morgan fingerprint density at radius 1 is 1.11 bits per heavy atom. The first-order valence-corrected chi connectivity index (χ1v) is 5.17. The summed E-state index contributed by atoms with van der Waals surface area (Å²) in [6.07, 6.45) is 0. The minimum absolute atomic E-state index is 0.0318. The monoisotopic (exact) mass is 293 g/mol. The third-order valence-corrected chi connectivity index (χ3v) is 2.35. The van der Waals surface area contributed by atoms with Gasteiger partial charge in [0.15, 0.2) is 34.2 Å². The van der Waals surface area contributed by atoms with Crippen LogP contribution in [-0.4, -0.2) is 5.91 Å². The normalized spacial score (nSPS) is 10.6. The highest BCUT2D eigenvalue weighted by atomic mass is 35.5. The lowest BCUT2D eigenvalue weighted by Gasteiger charge is -2.07. The molecule has 0 spiro atoms. The third-order valence-electron chi connectivity index (χ3n) is 2.15. The van der Waals surface area contributed by atoms with Crippen LogP contribution in [0.2, 0.25) is 5.22 Å². The van der Waals surface area contributed by atoms with E-state index in [4.69, 9.17) is 11.6 Å². The van der Waals surface area contributed by atoms with Crippen LogP contribution in [0.1, 0.15) is 10.6 Å². The van der Waals surface area contributed by atoms with Gasteiger partial charge in [-0.15, -0.1) is 0 Å². The summed E-state index contributed by atoms with van der Waals surface area (Å²) in [6.45, 7) is 0. The molecule has 2 rings (SSSR count). The number of amides is 1. The van der Waals surface area contributed by atoms with Crippen LogP contribution in [0, 0.1) is 23.3 Å². The van der Waals surface area contributed by atoms with Gasteiger partial charge in [0, 0.05) is 6.07 Å². The molecule has 0 aliphatic carbocycles. The molecule has 19 heavy (non-hydrogen) atoms. The Balaban J connectivity index is 2.36. The van der Waals surface area contributed by atoms with Crippen molar-refractivity contribution in [3.8, 4) is 0 Å². The van der Waals surface area contributed by atoms with Crippen molar-refractivity contribution in [1.82, 2.24) is 0 Å². The number of hydrogen-bond acceptors (Lipinski definition) is 2. The first kappa shape index (κ1) is 13.4. The lowest BCUT2D eigenvalue weighted by Crippen LogP contribution is -2.15. The molecule has 0 atom stereocenters. The van der Waals surface area contributed by atoms with E-state index in [0.717, 1.165) is 6.07 Å². The number of hydrogen-bond donors (Lipinski definition) is 1. The maximum atomic E-state index is 13.3. The predicted octanol–water partition coefficient (Wildman–Crippen LogP) is 3.74. The standard InChI is InChI=1S/C11H4ClF4NO2/c12-7-2-1-6(19-7)11(18)17-10-8(15)4(13)3-5(14)9(10)16/h1-3H,(H,17,18). The number of carbonyl (C=O) groups excluding carboxylic acids is 1. The maximum Gasteiger partial charge on any atom is 0.291 e. The molecule has 8 heteroatoms. The van der Waals surface area contributed by atoms with Gasteiger partial charge in [0.2, 0.25) is 0 Å². The van der Waals surface area contributed by atoms with E-state index in [0.29, 0.717) is 0 Å². The Hall–Kier alpha value is -2.02. The van der Waals surface area contributed by atoms with E-state index in [9.17, 15) is 22.4 Å². The molecule has 0 aliphatic rings. The summed E-state index contributed by atoms with van der Waals surface area (Å²) in [5, 5.41) is 1.54. The van der Waals surface area contributed by atoms with Crippen LogP contribution in [0.5, 0.6) is 0 Å². The molecule has 3 nitrogen and oxygen atoms in total. The van der Waals surface area contributed by atoms with Gasteiger partial charge in [-0.1, -0.05) is 0 Å². The first-order valence-electron chi connectivity index (χ1n) is 4.80. The van der Waals surface area contributed by atoms with Crippen molar-refractivity contribution in [3.63, 3.8) is 0 Å². The lowest BCUT2D eigenvalue weighted by molar-refractivity contribution is 0.0995. The first-order chi connectivity index (χ1) is 8.90. The molecule has 1 amide bonds. The Labute approximate surface area is 108 Å². The molecule has 0 saturated heterocycles. The zero-order valence-electron chi connectivity index (χ0n) is 8.94. The quantitative estimate of drug-likeness (QED) is 0.677. The Bertz CT molecular complexity index is 630. The number of halogens is 5. The number of benzene rings is 1. The smallest absolute Gasteiger partial charge is 0.291 e. The van der Waals surface area contributed by atoms with Crippen LogP contribution in [-0.2, 0) is 0 Å². The summed E-state index contributed by atoms with van der Waals surface area (Å²) in [5.41, 5.74) is -1.24. The van der Waals surface area contributed by atoms with Crippen LogP contribution >= 0.6 is 11.6 Å². The Morgan fingerprint density at radius 3 is 2.16 bits per heavy atom. The summed E-state index contributed by atoms with van der Waals surface area (Å²) < 4.78 is 57.0. The van der Waals surface area contributed by atoms with Crippen LogP contribution in [0.3, 0.4) is 0 Å². The van der Waals surface area contributed by atoms with Gasteiger partial charge in [0.25, 0.3) is 5.91 Å². The van der Waals surface area contributed by atoms with Crippen LogP contribution < -0.4 is 5.32 Å². The molecule has 0 radical (unpaired) electrons. The minimum Gasteiger partial charge on any atom is -0.440 e. The molecule has 0 saturated carbocycles. The fourth-order valence-electron chi connectivity index (χ4n) is 1.29. The zero-order chi connectivity index (χ0) is 14.2. The highest BCUT2D eigenvalue weighted by molar-refractivity contribution is 6.29. The van der Waals surface area contributed by atoms with E-state index in [-0.39, 0.29) is 17.0 Å². The summed E-state index contributed by atoms with van der Waals surface area (Å²) in [5.74, 6) is -8.17. The van der Waals surface area contributed by atoms with E-state index >= 15 is 0 Å². The van der Waals surface area contributed by atoms with E-state index < -0.39 is 34.9 Å². The highest BCUT2D eigenvalue weighted by Crippen LogP contribution is 2.25. The molecule has 1 N–H and O–H groups in total. The van der Waals surface area contributed by atoms with Gasteiger partial charge in [-0.2, -0.15) is 0 Å². The minimum atomic E-state index is -1.72. The van der Waals surface area contributed by atoms with Crippen LogP contribution in [0.4, 0.5) is 23.2 Å². The third kappa shape index (κ3) is 2.55. The van der Waals surface area contributed by atoms with Crippen molar-refractivity contribution in [2.45, 2.75) is 0 Å². The van der Waals surface area contributed by atoms with E-state index in [1.807, 2.05) is 0 Å². The van der Waals surface area contributed by atoms with Gasteiger partial charge in [-0.3, -0.25) is 4.79 Å². The molecular formula is C11H4ClF4NO2. The van der Waals surface area contributed by atoms with Gasteiger partial charge in [-0.25, -0.2) is 17.6 Å². The molecular weight excluding hydrogens is 290 g/mol. The van der Waals surface area contributed by atoms with Crippen LogP contribution in [0.15, 0.2) is 22.6 Å². The van der Waals surface area contributed by atoms with Crippen molar-refractivity contribution in [2.75, 3.05) is 5.32 Å². The van der Waals surface area contributed by atoms with Gasteiger partial charge in [0.1, 0.15) is 5.69 Å². The second-order valence-electron chi connectivity index (χ2n) is 3.40. The highest BCUT2D eigenvalue weighted by Gasteiger charge is 2.22. The molecule has 0 aliphatic heterocycles.